The summed E-state index contributed by atoms with van der Waals surface area (Å²) >= 11 is 0. The molecule has 3 rings (SSSR count). The first-order valence-electron chi connectivity index (χ1n) is 8.62. The molecule has 0 saturated carbocycles. The van der Waals surface area contributed by atoms with Gasteiger partial charge < -0.3 is 4.90 Å². The van der Waals surface area contributed by atoms with Crippen molar-refractivity contribution in [1.82, 2.24) is 14.7 Å². The van der Waals surface area contributed by atoms with Gasteiger partial charge in [0, 0.05) is 26.0 Å². The second-order valence-corrected chi connectivity index (χ2v) is 6.78. The summed E-state index contributed by atoms with van der Waals surface area (Å²) < 4.78 is 1.30. The Kier molecular flexibility index (Phi) is 4.89. The highest BCUT2D eigenvalue weighted by molar-refractivity contribution is 5.88. The van der Waals surface area contributed by atoms with Crippen LogP contribution in [0.3, 0.4) is 0 Å². The maximum absolute atomic E-state index is 12.7. The van der Waals surface area contributed by atoms with Gasteiger partial charge in [-0.1, -0.05) is 42.0 Å². The molecule has 1 amide bonds. The van der Waals surface area contributed by atoms with Gasteiger partial charge >= 0.3 is 0 Å². The number of aryl methyl sites for hydroxylation is 3. The third-order valence-electron chi connectivity index (χ3n) is 4.68. The van der Waals surface area contributed by atoms with Crippen molar-refractivity contribution in [3.05, 3.63) is 75.2 Å². The molecule has 0 atom stereocenters. The third kappa shape index (κ3) is 3.52. The van der Waals surface area contributed by atoms with Gasteiger partial charge in [-0.15, -0.1) is 0 Å². The number of nitrogens with zero attached hydrogens (tertiary/aromatic N) is 3. The van der Waals surface area contributed by atoms with E-state index in [4.69, 9.17) is 0 Å². The van der Waals surface area contributed by atoms with Gasteiger partial charge in [0.1, 0.15) is 0 Å². The lowest BCUT2D eigenvalue weighted by Gasteiger charge is -2.19. The molecule has 0 saturated heterocycles. The molecule has 0 aliphatic heterocycles. The number of carbonyl (C=O) groups is 1. The van der Waals surface area contributed by atoms with Crippen molar-refractivity contribution < 1.29 is 4.79 Å². The minimum atomic E-state index is -0.152. The fourth-order valence-corrected chi connectivity index (χ4v) is 3.15. The SMILES string of the molecule is Cc1ccc(CN(C)C(=O)Cc2nn(C)c(=O)c3ccccc23)c(C)c1. The molecule has 0 spiro atoms. The molecular formula is C21H23N3O2. The number of amides is 1. The van der Waals surface area contributed by atoms with Gasteiger partial charge in [-0.25, -0.2) is 4.68 Å². The second kappa shape index (κ2) is 7.12. The zero-order valence-electron chi connectivity index (χ0n) is 15.6. The first-order valence-corrected chi connectivity index (χ1v) is 8.62. The normalized spacial score (nSPS) is 10.9. The second-order valence-electron chi connectivity index (χ2n) is 6.78. The molecule has 0 N–H and O–H groups in total. The number of benzene rings is 2. The van der Waals surface area contributed by atoms with Crippen LogP contribution in [0.5, 0.6) is 0 Å². The predicted molar refractivity (Wildman–Crippen MR) is 103 cm³/mol. The summed E-state index contributed by atoms with van der Waals surface area (Å²) in [5.74, 6) is -0.0266. The molecule has 0 aliphatic carbocycles. The minimum absolute atomic E-state index is 0.0266. The number of hydrogen-bond donors (Lipinski definition) is 0. The van der Waals surface area contributed by atoms with Crippen LogP contribution in [0.2, 0.25) is 0 Å². The summed E-state index contributed by atoms with van der Waals surface area (Å²) in [5, 5.41) is 5.64. The van der Waals surface area contributed by atoms with E-state index in [0.29, 0.717) is 17.6 Å². The van der Waals surface area contributed by atoms with Crippen LogP contribution in [0, 0.1) is 13.8 Å². The van der Waals surface area contributed by atoms with Crippen molar-refractivity contribution in [2.24, 2.45) is 7.05 Å². The summed E-state index contributed by atoms with van der Waals surface area (Å²) in [5.41, 5.74) is 3.99. The van der Waals surface area contributed by atoms with Crippen LogP contribution in [0.25, 0.3) is 10.8 Å². The Hall–Kier alpha value is -2.95. The maximum atomic E-state index is 12.7. The zero-order valence-corrected chi connectivity index (χ0v) is 15.6. The first kappa shape index (κ1) is 17.9. The van der Waals surface area contributed by atoms with Crippen LogP contribution in [-0.4, -0.2) is 27.6 Å². The van der Waals surface area contributed by atoms with E-state index in [-0.39, 0.29) is 17.9 Å². The van der Waals surface area contributed by atoms with Gasteiger partial charge in [0.15, 0.2) is 0 Å². The van der Waals surface area contributed by atoms with Crippen molar-refractivity contribution >= 4 is 16.7 Å². The molecule has 0 bridgehead atoms. The van der Waals surface area contributed by atoms with Crippen LogP contribution in [0.1, 0.15) is 22.4 Å². The number of fused-ring (bicyclic) bond motifs is 1. The summed E-state index contributed by atoms with van der Waals surface area (Å²) in [6.45, 7) is 4.67. The predicted octanol–water partition coefficient (Wildman–Crippen LogP) is 2.75. The van der Waals surface area contributed by atoms with Crippen molar-refractivity contribution in [2.45, 2.75) is 26.8 Å². The van der Waals surface area contributed by atoms with Crippen LogP contribution in [-0.2, 0) is 24.8 Å². The largest absolute Gasteiger partial charge is 0.341 e. The molecule has 2 aromatic carbocycles. The van der Waals surface area contributed by atoms with Gasteiger partial charge in [-0.05, 0) is 31.0 Å². The Morgan fingerprint density at radius 1 is 1.12 bits per heavy atom. The lowest BCUT2D eigenvalue weighted by Crippen LogP contribution is -2.30. The third-order valence-corrected chi connectivity index (χ3v) is 4.68. The number of carbonyl (C=O) groups excluding carboxylic acids is 1. The highest BCUT2D eigenvalue weighted by atomic mass is 16.2. The van der Waals surface area contributed by atoms with Gasteiger partial charge in [-0.3, -0.25) is 9.59 Å². The van der Waals surface area contributed by atoms with Gasteiger partial charge in [-0.2, -0.15) is 5.10 Å². The molecule has 5 nitrogen and oxygen atoms in total. The van der Waals surface area contributed by atoms with Crippen LogP contribution in [0.15, 0.2) is 47.3 Å². The standard InChI is InChI=1S/C21H23N3O2/c1-14-9-10-16(15(2)11-14)13-23(3)20(25)12-19-17-7-5-6-8-18(17)21(26)24(4)22-19/h5-11H,12-13H2,1-4H3. The topological polar surface area (TPSA) is 55.2 Å². The fourth-order valence-electron chi connectivity index (χ4n) is 3.15. The Balaban J connectivity index is 1.85. The van der Waals surface area contributed by atoms with Crippen LogP contribution < -0.4 is 5.56 Å². The highest BCUT2D eigenvalue weighted by Crippen LogP contribution is 2.16. The molecule has 134 valence electrons. The van der Waals surface area contributed by atoms with E-state index in [0.717, 1.165) is 10.9 Å². The molecular weight excluding hydrogens is 326 g/mol. The monoisotopic (exact) mass is 349 g/mol. The highest BCUT2D eigenvalue weighted by Gasteiger charge is 2.16. The number of likely N-dealkylation sites (N-methyl/N-ethyl adjacent to an activating group) is 1. The lowest BCUT2D eigenvalue weighted by molar-refractivity contribution is -0.129. The van der Waals surface area contributed by atoms with E-state index in [1.54, 1.807) is 25.1 Å². The summed E-state index contributed by atoms with van der Waals surface area (Å²) in [4.78, 5) is 26.7. The van der Waals surface area contributed by atoms with Gasteiger partial charge in [0.2, 0.25) is 5.91 Å². The quantitative estimate of drug-likeness (QED) is 0.728. The first-order chi connectivity index (χ1) is 12.4. The Bertz CT molecular complexity index is 1040. The van der Waals surface area contributed by atoms with Crippen molar-refractivity contribution in [3.63, 3.8) is 0 Å². The van der Waals surface area contributed by atoms with E-state index in [2.05, 4.69) is 37.1 Å². The molecule has 1 heterocycles. The lowest BCUT2D eigenvalue weighted by atomic mass is 10.0. The van der Waals surface area contributed by atoms with Crippen LogP contribution in [0.4, 0.5) is 0 Å². The summed E-state index contributed by atoms with van der Waals surface area (Å²) in [7, 11) is 3.41. The molecule has 26 heavy (non-hydrogen) atoms. The van der Waals surface area contributed by atoms with Crippen LogP contribution >= 0.6 is 0 Å². The average molecular weight is 349 g/mol. The number of hydrogen-bond acceptors (Lipinski definition) is 3. The van der Waals surface area contributed by atoms with Gasteiger partial charge in [0.25, 0.3) is 5.56 Å². The van der Waals surface area contributed by atoms with E-state index in [1.165, 1.54) is 15.8 Å². The smallest absolute Gasteiger partial charge is 0.274 e. The van der Waals surface area contributed by atoms with Crippen molar-refractivity contribution in [3.8, 4) is 0 Å². The molecule has 0 unspecified atom stereocenters. The van der Waals surface area contributed by atoms with E-state index < -0.39 is 0 Å². The average Bonchev–Trinajstić information content (AvgIpc) is 2.61. The number of aromatic nitrogens is 2. The minimum Gasteiger partial charge on any atom is -0.341 e. The maximum Gasteiger partial charge on any atom is 0.274 e. The molecule has 0 radical (unpaired) electrons. The Morgan fingerprint density at radius 3 is 2.50 bits per heavy atom. The molecule has 1 aromatic heterocycles. The zero-order chi connectivity index (χ0) is 18.8. The molecule has 0 fully saturated rings. The molecule has 0 aliphatic rings. The summed E-state index contributed by atoms with van der Waals surface area (Å²) in [6, 6.07) is 13.5. The van der Waals surface area contributed by atoms with E-state index in [9.17, 15) is 9.59 Å². The van der Waals surface area contributed by atoms with Crippen molar-refractivity contribution in [1.29, 1.82) is 0 Å². The van der Waals surface area contributed by atoms with Crippen molar-refractivity contribution in [2.75, 3.05) is 7.05 Å². The molecule has 5 heteroatoms. The summed E-state index contributed by atoms with van der Waals surface area (Å²) in [6.07, 6.45) is 0.163. The Labute approximate surface area is 152 Å². The molecule has 3 aromatic rings. The van der Waals surface area contributed by atoms with E-state index in [1.807, 2.05) is 18.2 Å². The Morgan fingerprint density at radius 2 is 1.81 bits per heavy atom. The number of rotatable bonds is 4. The fraction of sp³-hybridized carbons (Fsp3) is 0.286. The van der Waals surface area contributed by atoms with E-state index >= 15 is 0 Å². The van der Waals surface area contributed by atoms with Gasteiger partial charge in [0.05, 0.1) is 17.5 Å².